The Morgan fingerprint density at radius 1 is 0.912 bits per heavy atom. The van der Waals surface area contributed by atoms with Crippen molar-refractivity contribution in [1.29, 1.82) is 0 Å². The number of ketones is 2. The number of nitro groups is 1. The summed E-state index contributed by atoms with van der Waals surface area (Å²) < 4.78 is 5.16. The van der Waals surface area contributed by atoms with Crippen molar-refractivity contribution in [3.63, 3.8) is 0 Å². The van der Waals surface area contributed by atoms with Crippen LogP contribution < -0.4 is 5.32 Å². The smallest absolute Gasteiger partial charge is 0.346 e. The minimum atomic E-state index is -1.29. The number of aryl methyl sites for hydroxylation is 1. The van der Waals surface area contributed by atoms with Crippen LogP contribution in [0.25, 0.3) is 0 Å². The van der Waals surface area contributed by atoms with Gasteiger partial charge in [0.25, 0.3) is 11.6 Å². The molecule has 0 fully saturated rings. The molecule has 0 spiro atoms. The van der Waals surface area contributed by atoms with E-state index in [1.165, 1.54) is 50.2 Å². The van der Waals surface area contributed by atoms with Crippen molar-refractivity contribution >= 4 is 34.8 Å². The van der Waals surface area contributed by atoms with Crippen molar-refractivity contribution in [2.24, 2.45) is 0 Å². The number of anilines is 1. The van der Waals surface area contributed by atoms with Gasteiger partial charge in [0, 0.05) is 34.0 Å². The highest BCUT2D eigenvalue weighted by Gasteiger charge is 2.30. The maximum atomic E-state index is 12.9. The predicted molar refractivity (Wildman–Crippen MR) is 121 cm³/mol. The molecule has 1 aliphatic carbocycles. The number of rotatable bonds is 5. The van der Waals surface area contributed by atoms with E-state index in [1.807, 2.05) is 0 Å². The highest BCUT2D eigenvalue weighted by atomic mass is 16.6. The lowest BCUT2D eigenvalue weighted by molar-refractivity contribution is -0.385. The van der Waals surface area contributed by atoms with Crippen molar-refractivity contribution in [1.82, 2.24) is 0 Å². The zero-order valence-corrected chi connectivity index (χ0v) is 18.2. The molecular formula is C25H18N2O7. The summed E-state index contributed by atoms with van der Waals surface area (Å²) in [5.74, 6) is -2.34. The third-order valence-electron chi connectivity index (χ3n) is 5.50. The van der Waals surface area contributed by atoms with Crippen molar-refractivity contribution in [3.8, 4) is 0 Å². The number of fused-ring (bicyclic) bond motifs is 2. The number of esters is 1. The fraction of sp³-hybridized carbons (Fsp3) is 0.120. The average Bonchev–Trinajstić information content (AvgIpc) is 2.82. The molecule has 9 heteroatoms. The van der Waals surface area contributed by atoms with Crippen molar-refractivity contribution in [2.45, 2.75) is 20.0 Å². The maximum Gasteiger partial charge on any atom is 0.346 e. The van der Waals surface area contributed by atoms with Crippen molar-refractivity contribution in [2.75, 3.05) is 5.32 Å². The van der Waals surface area contributed by atoms with Gasteiger partial charge in [-0.15, -0.1) is 0 Å². The number of hydrogen-bond acceptors (Lipinski definition) is 7. The maximum absolute atomic E-state index is 12.9. The number of amides is 1. The number of nitrogens with zero attached hydrogens (tertiary/aromatic N) is 1. The molecule has 0 aromatic heterocycles. The van der Waals surface area contributed by atoms with Crippen LogP contribution in [0.1, 0.15) is 54.7 Å². The van der Waals surface area contributed by atoms with Crippen LogP contribution in [0.4, 0.5) is 11.4 Å². The van der Waals surface area contributed by atoms with Crippen LogP contribution in [-0.4, -0.2) is 34.5 Å². The van der Waals surface area contributed by atoms with E-state index in [0.29, 0.717) is 11.1 Å². The Morgan fingerprint density at radius 3 is 2.18 bits per heavy atom. The number of hydrogen-bond donors (Lipinski definition) is 1. The second-order valence-electron chi connectivity index (χ2n) is 7.73. The summed E-state index contributed by atoms with van der Waals surface area (Å²) in [5, 5.41) is 13.8. The Kier molecular flexibility index (Phi) is 5.77. The Balaban J connectivity index is 1.52. The van der Waals surface area contributed by atoms with E-state index in [-0.39, 0.29) is 39.5 Å². The Labute approximate surface area is 193 Å². The first-order valence-electron chi connectivity index (χ1n) is 10.3. The average molecular weight is 458 g/mol. The molecule has 1 N–H and O–H groups in total. The molecule has 0 bridgehead atoms. The first-order chi connectivity index (χ1) is 16.2. The van der Waals surface area contributed by atoms with E-state index in [4.69, 9.17) is 4.74 Å². The van der Waals surface area contributed by atoms with Crippen molar-refractivity contribution in [3.05, 3.63) is 104 Å². The van der Waals surface area contributed by atoms with Gasteiger partial charge in [-0.2, -0.15) is 0 Å². The summed E-state index contributed by atoms with van der Waals surface area (Å²) in [5.41, 5.74) is 0.904. The lowest BCUT2D eigenvalue weighted by Gasteiger charge is -2.19. The summed E-state index contributed by atoms with van der Waals surface area (Å²) in [6.07, 6.45) is -1.29. The zero-order chi connectivity index (χ0) is 24.6. The number of nitro benzene ring substituents is 1. The number of nitrogens with one attached hydrogen (secondary N) is 1. The lowest BCUT2D eigenvalue weighted by atomic mass is 9.84. The number of carbonyl (C=O) groups excluding carboxylic acids is 4. The van der Waals surface area contributed by atoms with Gasteiger partial charge in [-0.1, -0.05) is 36.4 Å². The molecule has 34 heavy (non-hydrogen) atoms. The summed E-state index contributed by atoms with van der Waals surface area (Å²) in [6, 6.07) is 15.0. The summed E-state index contributed by atoms with van der Waals surface area (Å²) >= 11 is 0. The topological polar surface area (TPSA) is 133 Å². The molecule has 0 saturated heterocycles. The summed E-state index contributed by atoms with van der Waals surface area (Å²) in [6.45, 7) is 2.85. The third-order valence-corrected chi connectivity index (χ3v) is 5.50. The van der Waals surface area contributed by atoms with Crippen LogP contribution in [0.3, 0.4) is 0 Å². The first-order valence-corrected chi connectivity index (χ1v) is 10.3. The van der Waals surface area contributed by atoms with Gasteiger partial charge in [0.15, 0.2) is 17.7 Å². The molecule has 0 saturated carbocycles. The van der Waals surface area contributed by atoms with Crippen LogP contribution in [0.15, 0.2) is 60.7 Å². The van der Waals surface area contributed by atoms with Gasteiger partial charge >= 0.3 is 5.97 Å². The molecule has 0 heterocycles. The minimum absolute atomic E-state index is 0.154. The van der Waals surface area contributed by atoms with Gasteiger partial charge in [-0.3, -0.25) is 24.5 Å². The molecule has 1 unspecified atom stereocenters. The van der Waals surface area contributed by atoms with Gasteiger partial charge in [-0.25, -0.2) is 4.79 Å². The normalized spacial score (nSPS) is 12.9. The molecule has 3 aromatic rings. The van der Waals surface area contributed by atoms with Gasteiger partial charge in [0.05, 0.1) is 4.92 Å². The van der Waals surface area contributed by atoms with Crippen LogP contribution >= 0.6 is 0 Å². The van der Waals surface area contributed by atoms with Crippen LogP contribution in [-0.2, 0) is 9.53 Å². The number of ether oxygens (including phenoxy) is 1. The number of carbonyl (C=O) groups is 4. The second-order valence-corrected chi connectivity index (χ2v) is 7.73. The monoisotopic (exact) mass is 458 g/mol. The van der Waals surface area contributed by atoms with E-state index in [1.54, 1.807) is 24.3 Å². The Hall–Kier alpha value is -4.66. The second kappa shape index (κ2) is 8.70. The molecule has 4 rings (SSSR count). The highest BCUT2D eigenvalue weighted by Crippen LogP contribution is 2.29. The molecule has 1 aliphatic rings. The fourth-order valence-corrected chi connectivity index (χ4v) is 3.76. The van der Waals surface area contributed by atoms with E-state index < -0.39 is 28.6 Å². The van der Waals surface area contributed by atoms with Crippen LogP contribution in [0.5, 0.6) is 0 Å². The third kappa shape index (κ3) is 3.95. The molecule has 3 aromatic carbocycles. The van der Waals surface area contributed by atoms with E-state index in [2.05, 4.69) is 5.32 Å². The molecule has 1 amide bonds. The predicted octanol–water partition coefficient (Wildman–Crippen LogP) is 3.86. The molecule has 0 aliphatic heterocycles. The van der Waals surface area contributed by atoms with E-state index in [9.17, 15) is 29.3 Å². The molecule has 170 valence electrons. The Morgan fingerprint density at radius 2 is 1.53 bits per heavy atom. The lowest BCUT2D eigenvalue weighted by Crippen LogP contribution is -2.30. The largest absolute Gasteiger partial charge is 0.449 e. The van der Waals surface area contributed by atoms with Gasteiger partial charge in [-0.05, 0) is 37.6 Å². The SMILES string of the molecule is Cc1cccc([N+](=O)[O-])c1C(=O)OC(C)C(=O)Nc1ccc2c(c1)C(=O)c1ccccc1C2=O. The number of benzene rings is 3. The Bertz CT molecular complexity index is 1390. The summed E-state index contributed by atoms with van der Waals surface area (Å²) in [7, 11) is 0. The van der Waals surface area contributed by atoms with E-state index in [0.717, 1.165) is 0 Å². The van der Waals surface area contributed by atoms with Gasteiger partial charge in [0.2, 0.25) is 0 Å². The molecule has 0 radical (unpaired) electrons. The van der Waals surface area contributed by atoms with Gasteiger partial charge in [0.1, 0.15) is 5.56 Å². The summed E-state index contributed by atoms with van der Waals surface area (Å²) in [4.78, 5) is 61.3. The highest BCUT2D eigenvalue weighted by molar-refractivity contribution is 6.28. The van der Waals surface area contributed by atoms with Crippen molar-refractivity contribution < 1.29 is 28.8 Å². The quantitative estimate of drug-likeness (QED) is 0.273. The fourth-order valence-electron chi connectivity index (χ4n) is 3.76. The van der Waals surface area contributed by atoms with E-state index >= 15 is 0 Å². The molecule has 9 nitrogen and oxygen atoms in total. The first kappa shape index (κ1) is 22.5. The van der Waals surface area contributed by atoms with Gasteiger partial charge < -0.3 is 10.1 Å². The molecule has 1 atom stereocenters. The van der Waals surface area contributed by atoms with Crippen LogP contribution in [0.2, 0.25) is 0 Å². The van der Waals surface area contributed by atoms with Crippen LogP contribution in [0, 0.1) is 17.0 Å². The minimum Gasteiger partial charge on any atom is -0.449 e. The standard InChI is InChI=1S/C25H18N2O7/c1-13-6-5-9-20(27(32)33)21(13)25(31)34-14(2)24(30)26-15-10-11-18-19(12-15)23(29)17-8-4-3-7-16(17)22(18)28/h3-12,14H,1-2H3,(H,26,30). The zero-order valence-electron chi connectivity index (χ0n) is 18.2. The molecular weight excluding hydrogens is 440 g/mol.